The standard InChI is InChI=1S/C17H29N3/c1-14-5-7-15(8-6-14)17(18-2)13-20-11-9-16(10-12-20)19(3)4/h5-8,16-18H,9-13H2,1-4H3. The molecule has 3 nitrogen and oxygen atoms in total. The van der Waals surface area contributed by atoms with Crippen molar-refractivity contribution in [3.05, 3.63) is 35.4 Å². The molecule has 3 heteroatoms. The molecule has 1 aliphatic rings. The Morgan fingerprint density at radius 2 is 1.80 bits per heavy atom. The monoisotopic (exact) mass is 275 g/mol. The Balaban J connectivity index is 1.89. The summed E-state index contributed by atoms with van der Waals surface area (Å²) >= 11 is 0. The lowest BCUT2D eigenvalue weighted by molar-refractivity contribution is 0.136. The van der Waals surface area contributed by atoms with E-state index in [1.807, 2.05) is 0 Å². The zero-order chi connectivity index (χ0) is 14.5. The van der Waals surface area contributed by atoms with E-state index in [1.165, 1.54) is 37.1 Å². The summed E-state index contributed by atoms with van der Waals surface area (Å²) < 4.78 is 0. The largest absolute Gasteiger partial charge is 0.312 e. The molecule has 0 aromatic heterocycles. The van der Waals surface area contributed by atoms with Gasteiger partial charge in [0.1, 0.15) is 0 Å². The third-order valence-corrected chi connectivity index (χ3v) is 4.56. The molecule has 0 radical (unpaired) electrons. The van der Waals surface area contributed by atoms with Crippen LogP contribution in [0.1, 0.15) is 30.0 Å². The second-order valence-electron chi connectivity index (χ2n) is 6.25. The van der Waals surface area contributed by atoms with Crippen LogP contribution < -0.4 is 5.32 Å². The zero-order valence-corrected chi connectivity index (χ0v) is 13.4. The van der Waals surface area contributed by atoms with Gasteiger partial charge in [-0.15, -0.1) is 0 Å². The Bertz CT molecular complexity index is 391. The van der Waals surface area contributed by atoms with Crippen molar-refractivity contribution in [2.45, 2.75) is 31.8 Å². The fraction of sp³-hybridized carbons (Fsp3) is 0.647. The van der Waals surface area contributed by atoms with Gasteiger partial charge in [0, 0.05) is 18.6 Å². The molecule has 0 aliphatic carbocycles. The maximum atomic E-state index is 3.47. The van der Waals surface area contributed by atoms with Gasteiger partial charge in [-0.1, -0.05) is 29.8 Å². The molecule has 1 saturated heterocycles. The molecule has 2 rings (SSSR count). The van der Waals surface area contributed by atoms with E-state index in [-0.39, 0.29) is 0 Å². The SMILES string of the molecule is CNC(CN1CCC(N(C)C)CC1)c1ccc(C)cc1. The summed E-state index contributed by atoms with van der Waals surface area (Å²) in [6, 6.07) is 10.1. The minimum atomic E-state index is 0.437. The number of hydrogen-bond acceptors (Lipinski definition) is 3. The quantitative estimate of drug-likeness (QED) is 0.889. The van der Waals surface area contributed by atoms with Gasteiger partial charge in [0.2, 0.25) is 0 Å². The number of benzene rings is 1. The van der Waals surface area contributed by atoms with Crippen molar-refractivity contribution >= 4 is 0 Å². The first-order chi connectivity index (χ1) is 9.60. The molecule has 1 aromatic carbocycles. The van der Waals surface area contributed by atoms with Gasteiger partial charge in [-0.25, -0.2) is 0 Å². The number of nitrogens with one attached hydrogen (secondary N) is 1. The summed E-state index contributed by atoms with van der Waals surface area (Å²) in [4.78, 5) is 4.97. The zero-order valence-electron chi connectivity index (χ0n) is 13.4. The van der Waals surface area contributed by atoms with Crippen molar-refractivity contribution in [1.29, 1.82) is 0 Å². The summed E-state index contributed by atoms with van der Waals surface area (Å²) in [6.45, 7) is 5.68. The van der Waals surface area contributed by atoms with Gasteiger partial charge in [0.25, 0.3) is 0 Å². The summed E-state index contributed by atoms with van der Waals surface area (Å²) in [7, 11) is 6.46. The van der Waals surface area contributed by atoms with Crippen molar-refractivity contribution in [3.8, 4) is 0 Å². The van der Waals surface area contributed by atoms with Crippen LogP contribution in [0.25, 0.3) is 0 Å². The number of likely N-dealkylation sites (tertiary alicyclic amines) is 1. The van der Waals surface area contributed by atoms with Crippen molar-refractivity contribution in [3.63, 3.8) is 0 Å². The fourth-order valence-electron chi connectivity index (χ4n) is 3.04. The maximum Gasteiger partial charge on any atom is 0.0446 e. The lowest BCUT2D eigenvalue weighted by atomic mass is 10.0. The van der Waals surface area contributed by atoms with Crippen molar-refractivity contribution in [2.75, 3.05) is 40.8 Å². The van der Waals surface area contributed by atoms with Gasteiger partial charge < -0.3 is 15.1 Å². The molecule has 1 aromatic rings. The van der Waals surface area contributed by atoms with Crippen LogP contribution in [-0.2, 0) is 0 Å². The Morgan fingerprint density at radius 1 is 1.20 bits per heavy atom. The van der Waals surface area contributed by atoms with Crippen LogP contribution in [-0.4, -0.2) is 56.6 Å². The smallest absolute Gasteiger partial charge is 0.0446 e. The van der Waals surface area contributed by atoms with E-state index in [1.54, 1.807) is 0 Å². The van der Waals surface area contributed by atoms with Crippen LogP contribution in [0.3, 0.4) is 0 Å². The molecule has 0 amide bonds. The molecule has 1 fully saturated rings. The van der Waals surface area contributed by atoms with E-state index in [0.29, 0.717) is 6.04 Å². The first kappa shape index (κ1) is 15.5. The highest BCUT2D eigenvalue weighted by Crippen LogP contribution is 2.19. The second-order valence-corrected chi connectivity index (χ2v) is 6.25. The maximum absolute atomic E-state index is 3.47. The lowest BCUT2D eigenvalue weighted by Crippen LogP contribution is -2.44. The van der Waals surface area contributed by atoms with Crippen molar-refractivity contribution < 1.29 is 0 Å². The van der Waals surface area contributed by atoms with Crippen LogP contribution in [0, 0.1) is 6.92 Å². The third kappa shape index (κ3) is 4.05. The van der Waals surface area contributed by atoms with E-state index >= 15 is 0 Å². The van der Waals surface area contributed by atoms with Gasteiger partial charge in [0.15, 0.2) is 0 Å². The van der Waals surface area contributed by atoms with Gasteiger partial charge in [0.05, 0.1) is 0 Å². The summed E-state index contributed by atoms with van der Waals surface area (Å²) in [6.07, 6.45) is 2.58. The molecule has 1 N–H and O–H groups in total. The highest BCUT2D eigenvalue weighted by atomic mass is 15.2. The predicted octanol–water partition coefficient (Wildman–Crippen LogP) is 2.28. The minimum absolute atomic E-state index is 0.437. The van der Waals surface area contributed by atoms with Gasteiger partial charge >= 0.3 is 0 Å². The van der Waals surface area contributed by atoms with Crippen LogP contribution in [0.5, 0.6) is 0 Å². The van der Waals surface area contributed by atoms with Crippen LogP contribution >= 0.6 is 0 Å². The number of likely N-dealkylation sites (N-methyl/N-ethyl adjacent to an activating group) is 1. The van der Waals surface area contributed by atoms with Crippen LogP contribution in [0.15, 0.2) is 24.3 Å². The molecule has 1 atom stereocenters. The number of nitrogens with zero attached hydrogens (tertiary/aromatic N) is 2. The number of hydrogen-bond donors (Lipinski definition) is 1. The molecule has 0 saturated carbocycles. The van der Waals surface area contributed by atoms with Gasteiger partial charge in [-0.05, 0) is 59.6 Å². The molecule has 0 bridgehead atoms. The van der Waals surface area contributed by atoms with E-state index in [4.69, 9.17) is 0 Å². The Labute approximate surface area is 124 Å². The van der Waals surface area contributed by atoms with Crippen molar-refractivity contribution in [1.82, 2.24) is 15.1 Å². The van der Waals surface area contributed by atoms with E-state index in [2.05, 4.69) is 67.4 Å². The second kappa shape index (κ2) is 7.21. The van der Waals surface area contributed by atoms with E-state index in [9.17, 15) is 0 Å². The average Bonchev–Trinajstić information content (AvgIpc) is 2.46. The van der Waals surface area contributed by atoms with Crippen LogP contribution in [0.2, 0.25) is 0 Å². The fourth-order valence-corrected chi connectivity index (χ4v) is 3.04. The Hall–Kier alpha value is -0.900. The van der Waals surface area contributed by atoms with E-state index < -0.39 is 0 Å². The summed E-state index contributed by atoms with van der Waals surface area (Å²) in [5, 5.41) is 3.47. The predicted molar refractivity (Wildman–Crippen MR) is 86.1 cm³/mol. The Morgan fingerprint density at radius 3 is 2.30 bits per heavy atom. The normalized spacial score (nSPS) is 19.4. The average molecular weight is 275 g/mol. The minimum Gasteiger partial charge on any atom is -0.312 e. The molecule has 1 heterocycles. The highest BCUT2D eigenvalue weighted by molar-refractivity contribution is 5.24. The van der Waals surface area contributed by atoms with Crippen LogP contribution in [0.4, 0.5) is 0 Å². The molecule has 20 heavy (non-hydrogen) atoms. The summed E-state index contributed by atoms with van der Waals surface area (Å²) in [5.41, 5.74) is 2.73. The first-order valence-corrected chi connectivity index (χ1v) is 7.72. The first-order valence-electron chi connectivity index (χ1n) is 7.72. The molecule has 112 valence electrons. The molecule has 0 spiro atoms. The number of piperidine rings is 1. The third-order valence-electron chi connectivity index (χ3n) is 4.56. The summed E-state index contributed by atoms with van der Waals surface area (Å²) in [5.74, 6) is 0. The molecule has 1 aliphatic heterocycles. The lowest BCUT2D eigenvalue weighted by Gasteiger charge is -2.36. The van der Waals surface area contributed by atoms with Crippen molar-refractivity contribution in [2.24, 2.45) is 0 Å². The Kier molecular flexibility index (Phi) is 5.58. The highest BCUT2D eigenvalue weighted by Gasteiger charge is 2.22. The van der Waals surface area contributed by atoms with Gasteiger partial charge in [-0.3, -0.25) is 0 Å². The van der Waals surface area contributed by atoms with Gasteiger partial charge in [-0.2, -0.15) is 0 Å². The molecule has 1 unspecified atom stereocenters. The topological polar surface area (TPSA) is 18.5 Å². The molecular formula is C17H29N3. The molecular weight excluding hydrogens is 246 g/mol. The number of rotatable bonds is 5. The number of aryl methyl sites for hydroxylation is 1. The van der Waals surface area contributed by atoms with E-state index in [0.717, 1.165) is 12.6 Å².